The zero-order chi connectivity index (χ0) is 8.55. The van der Waals surface area contributed by atoms with Crippen LogP contribution in [0.5, 0.6) is 0 Å². The molecule has 12 heavy (non-hydrogen) atoms. The molecule has 60 valence electrons. The molecule has 0 atom stereocenters. The Labute approximate surface area is 82.3 Å². The maximum atomic E-state index is 10.6. The van der Waals surface area contributed by atoms with E-state index < -0.39 is 0 Å². The first-order chi connectivity index (χ1) is 5.83. The van der Waals surface area contributed by atoms with E-state index in [2.05, 4.69) is 32.6 Å². The Hall–Kier alpha value is -0.910. The van der Waals surface area contributed by atoms with Crippen molar-refractivity contribution in [1.29, 1.82) is 0 Å². The van der Waals surface area contributed by atoms with Gasteiger partial charge < -0.3 is 4.98 Å². The lowest BCUT2D eigenvalue weighted by Crippen LogP contribution is -1.84. The number of H-pyrrole nitrogens is 1. The topological polar surface area (TPSA) is 45.8 Å². The molecular weight excluding hydrogens is 267 g/mol. The van der Waals surface area contributed by atoms with Crippen LogP contribution in [0.15, 0.2) is 18.5 Å². The number of carbonyl (C=O) groups excluding carboxylic acids is 1. The Kier molecular flexibility index (Phi) is 1.84. The van der Waals surface area contributed by atoms with E-state index in [0.29, 0.717) is 5.56 Å². The minimum atomic E-state index is 0.686. The molecule has 1 N–H and O–H groups in total. The highest BCUT2D eigenvalue weighted by Crippen LogP contribution is 2.20. The summed E-state index contributed by atoms with van der Waals surface area (Å²) in [5, 5.41) is 0.910. The van der Waals surface area contributed by atoms with Gasteiger partial charge in [-0.1, -0.05) is 0 Å². The molecule has 2 aromatic heterocycles. The van der Waals surface area contributed by atoms with E-state index in [9.17, 15) is 4.79 Å². The summed E-state index contributed by atoms with van der Waals surface area (Å²) in [5.41, 5.74) is 1.45. The highest BCUT2D eigenvalue weighted by Gasteiger charge is 2.05. The fourth-order valence-corrected chi connectivity index (χ4v) is 1.86. The number of aldehydes is 1. The monoisotopic (exact) mass is 272 g/mol. The maximum absolute atomic E-state index is 10.6. The maximum Gasteiger partial charge on any atom is 0.150 e. The van der Waals surface area contributed by atoms with E-state index in [1.807, 2.05) is 6.20 Å². The van der Waals surface area contributed by atoms with Gasteiger partial charge in [0.15, 0.2) is 6.29 Å². The molecule has 0 fully saturated rings. The van der Waals surface area contributed by atoms with Gasteiger partial charge in [0.2, 0.25) is 0 Å². The van der Waals surface area contributed by atoms with Gasteiger partial charge in [0, 0.05) is 26.9 Å². The average Bonchev–Trinajstić information content (AvgIpc) is 2.48. The fourth-order valence-electron chi connectivity index (χ4n) is 1.14. The van der Waals surface area contributed by atoms with Crippen LogP contribution in [0.25, 0.3) is 11.0 Å². The third kappa shape index (κ3) is 1.03. The lowest BCUT2D eigenvalue weighted by Gasteiger charge is -1.92. The number of halogens is 1. The number of aromatic nitrogens is 2. The third-order valence-electron chi connectivity index (χ3n) is 1.68. The van der Waals surface area contributed by atoms with Gasteiger partial charge in [-0.2, -0.15) is 0 Å². The first-order valence-electron chi connectivity index (χ1n) is 3.39. The molecule has 0 amide bonds. The summed E-state index contributed by atoms with van der Waals surface area (Å²) in [7, 11) is 0. The summed E-state index contributed by atoms with van der Waals surface area (Å²) in [6.07, 6.45) is 4.31. The van der Waals surface area contributed by atoms with E-state index in [1.54, 1.807) is 12.3 Å². The van der Waals surface area contributed by atoms with Crippen molar-refractivity contribution in [3.8, 4) is 0 Å². The smallest absolute Gasteiger partial charge is 0.150 e. The van der Waals surface area contributed by atoms with Gasteiger partial charge in [0.1, 0.15) is 5.65 Å². The predicted octanol–water partition coefficient (Wildman–Crippen LogP) is 1.98. The van der Waals surface area contributed by atoms with Crippen molar-refractivity contribution < 1.29 is 4.79 Å². The number of pyridine rings is 1. The highest BCUT2D eigenvalue weighted by atomic mass is 127. The van der Waals surface area contributed by atoms with Crippen molar-refractivity contribution in [2.24, 2.45) is 0 Å². The van der Waals surface area contributed by atoms with E-state index in [0.717, 1.165) is 20.9 Å². The second-order valence-corrected chi connectivity index (χ2v) is 3.54. The summed E-state index contributed by atoms with van der Waals surface area (Å²) < 4.78 is 1.03. The van der Waals surface area contributed by atoms with Gasteiger partial charge >= 0.3 is 0 Å². The molecule has 0 aromatic carbocycles. The second-order valence-electron chi connectivity index (χ2n) is 2.38. The lowest BCUT2D eigenvalue weighted by atomic mass is 10.2. The summed E-state index contributed by atoms with van der Waals surface area (Å²) in [6.45, 7) is 0. The van der Waals surface area contributed by atoms with Crippen molar-refractivity contribution >= 4 is 39.9 Å². The van der Waals surface area contributed by atoms with Crippen LogP contribution in [0.2, 0.25) is 0 Å². The molecule has 4 heteroatoms. The van der Waals surface area contributed by atoms with Crippen LogP contribution < -0.4 is 0 Å². The Bertz CT molecular complexity index is 436. The van der Waals surface area contributed by atoms with E-state index in [1.165, 1.54) is 0 Å². The van der Waals surface area contributed by atoms with Crippen molar-refractivity contribution in [3.05, 3.63) is 27.6 Å². The van der Waals surface area contributed by atoms with Crippen LogP contribution >= 0.6 is 22.6 Å². The molecule has 2 aromatic rings. The molecule has 0 unspecified atom stereocenters. The van der Waals surface area contributed by atoms with Crippen LogP contribution in [-0.4, -0.2) is 16.3 Å². The number of rotatable bonds is 1. The normalized spacial score (nSPS) is 10.4. The van der Waals surface area contributed by atoms with E-state index in [-0.39, 0.29) is 0 Å². The molecule has 0 bridgehead atoms. The molecule has 2 heterocycles. The Morgan fingerprint density at radius 1 is 1.58 bits per heavy atom. The first kappa shape index (κ1) is 7.72. The van der Waals surface area contributed by atoms with Crippen LogP contribution in [0.1, 0.15) is 10.4 Å². The number of aromatic amines is 1. The van der Waals surface area contributed by atoms with Crippen LogP contribution in [0, 0.1) is 3.57 Å². The number of nitrogens with zero attached hydrogens (tertiary/aromatic N) is 1. The number of nitrogens with one attached hydrogen (secondary N) is 1. The molecule has 0 aliphatic rings. The lowest BCUT2D eigenvalue weighted by molar-refractivity contribution is 0.112. The largest absolute Gasteiger partial charge is 0.345 e. The zero-order valence-electron chi connectivity index (χ0n) is 6.04. The molecule has 0 saturated carbocycles. The summed E-state index contributed by atoms with van der Waals surface area (Å²) >= 11 is 2.17. The van der Waals surface area contributed by atoms with E-state index >= 15 is 0 Å². The van der Waals surface area contributed by atoms with Crippen molar-refractivity contribution in [2.75, 3.05) is 0 Å². The Balaban J connectivity index is 2.93. The van der Waals surface area contributed by atoms with Gasteiger partial charge in [-0.05, 0) is 28.7 Å². The second kappa shape index (κ2) is 2.85. The van der Waals surface area contributed by atoms with Crippen molar-refractivity contribution in [1.82, 2.24) is 9.97 Å². The van der Waals surface area contributed by atoms with Crippen LogP contribution in [-0.2, 0) is 0 Å². The Morgan fingerprint density at radius 2 is 2.42 bits per heavy atom. The molecule has 3 nitrogen and oxygen atoms in total. The molecule has 2 rings (SSSR count). The standard InChI is InChI=1S/C8H5IN2O/c9-6-3-11-8-7(6)5(4-12)1-2-10-8/h1-4H,(H,10,11). The van der Waals surface area contributed by atoms with Gasteiger partial charge in [-0.3, -0.25) is 4.79 Å². The number of hydrogen-bond donors (Lipinski definition) is 1. The SMILES string of the molecule is O=Cc1ccnc2[nH]cc(I)c12. The quantitative estimate of drug-likeness (QED) is 0.637. The van der Waals surface area contributed by atoms with Crippen molar-refractivity contribution in [3.63, 3.8) is 0 Å². The minimum absolute atomic E-state index is 0.686. The molecule has 0 aliphatic carbocycles. The van der Waals surface area contributed by atoms with Crippen LogP contribution in [0.3, 0.4) is 0 Å². The van der Waals surface area contributed by atoms with E-state index in [4.69, 9.17) is 0 Å². The predicted molar refractivity (Wildman–Crippen MR) is 54.2 cm³/mol. The van der Waals surface area contributed by atoms with Gasteiger partial charge in [-0.25, -0.2) is 4.98 Å². The molecule has 0 saturated heterocycles. The Morgan fingerprint density at radius 3 is 3.17 bits per heavy atom. The van der Waals surface area contributed by atoms with Crippen molar-refractivity contribution in [2.45, 2.75) is 0 Å². The molecule has 0 radical (unpaired) electrons. The average molecular weight is 272 g/mol. The molecule has 0 aliphatic heterocycles. The summed E-state index contributed by atoms with van der Waals surface area (Å²) in [4.78, 5) is 17.7. The number of fused-ring (bicyclic) bond motifs is 1. The van der Waals surface area contributed by atoms with Gasteiger partial charge in [0.05, 0.1) is 0 Å². The van der Waals surface area contributed by atoms with Crippen LogP contribution in [0.4, 0.5) is 0 Å². The summed E-state index contributed by atoms with van der Waals surface area (Å²) in [5.74, 6) is 0. The number of carbonyl (C=O) groups is 1. The molecular formula is C8H5IN2O. The fraction of sp³-hybridized carbons (Fsp3) is 0. The first-order valence-corrected chi connectivity index (χ1v) is 4.47. The van der Waals surface area contributed by atoms with Gasteiger partial charge in [-0.15, -0.1) is 0 Å². The summed E-state index contributed by atoms with van der Waals surface area (Å²) in [6, 6.07) is 1.71. The number of hydrogen-bond acceptors (Lipinski definition) is 2. The highest BCUT2D eigenvalue weighted by molar-refractivity contribution is 14.1. The third-order valence-corrected chi connectivity index (χ3v) is 2.54. The van der Waals surface area contributed by atoms with Gasteiger partial charge in [0.25, 0.3) is 0 Å². The molecule has 0 spiro atoms. The minimum Gasteiger partial charge on any atom is -0.345 e. The zero-order valence-corrected chi connectivity index (χ0v) is 8.20.